The van der Waals surface area contributed by atoms with Crippen molar-refractivity contribution >= 4 is 5.95 Å². The molecule has 4 heteroatoms. The maximum atomic E-state index is 10.1. The third kappa shape index (κ3) is 4.03. The summed E-state index contributed by atoms with van der Waals surface area (Å²) >= 11 is 0. The van der Waals surface area contributed by atoms with Gasteiger partial charge in [-0.15, -0.1) is 0 Å². The minimum atomic E-state index is -0.478. The van der Waals surface area contributed by atoms with Gasteiger partial charge in [0, 0.05) is 18.4 Å². The molecule has 2 atom stereocenters. The minimum absolute atomic E-state index is 0.0953. The molecule has 1 aromatic carbocycles. The molecule has 0 saturated heterocycles. The zero-order valence-electron chi connectivity index (χ0n) is 11.2. The number of benzene rings is 1. The lowest BCUT2D eigenvalue weighted by Gasteiger charge is -2.18. The minimum Gasteiger partial charge on any atom is -0.388 e. The van der Waals surface area contributed by atoms with Crippen molar-refractivity contribution in [1.29, 1.82) is 0 Å². The highest BCUT2D eigenvalue weighted by molar-refractivity contribution is 5.26. The second kappa shape index (κ2) is 6.29. The summed E-state index contributed by atoms with van der Waals surface area (Å²) in [5, 5.41) is 13.3. The third-order valence-corrected chi connectivity index (χ3v) is 2.92. The number of hydrogen-bond acceptors (Lipinski definition) is 4. The Morgan fingerprint density at radius 2 is 1.79 bits per heavy atom. The summed E-state index contributed by atoms with van der Waals surface area (Å²) in [4.78, 5) is 8.39. The number of rotatable bonds is 5. The van der Waals surface area contributed by atoms with E-state index >= 15 is 0 Å². The van der Waals surface area contributed by atoms with E-state index in [1.165, 1.54) is 0 Å². The number of nitrogens with zero attached hydrogens (tertiary/aromatic N) is 2. The van der Waals surface area contributed by atoms with Gasteiger partial charge in [-0.05, 0) is 31.4 Å². The van der Waals surface area contributed by atoms with Gasteiger partial charge >= 0.3 is 0 Å². The van der Waals surface area contributed by atoms with Crippen molar-refractivity contribution in [3.05, 3.63) is 53.9 Å². The summed E-state index contributed by atoms with van der Waals surface area (Å²) in [5.74, 6) is 0.596. The first kappa shape index (κ1) is 13.5. The van der Waals surface area contributed by atoms with Gasteiger partial charge in [-0.25, -0.2) is 9.97 Å². The Labute approximate surface area is 113 Å². The Morgan fingerprint density at radius 3 is 2.42 bits per heavy atom. The van der Waals surface area contributed by atoms with Gasteiger partial charge in [0.25, 0.3) is 0 Å². The van der Waals surface area contributed by atoms with Gasteiger partial charge in [0.05, 0.1) is 6.10 Å². The van der Waals surface area contributed by atoms with E-state index in [-0.39, 0.29) is 6.04 Å². The van der Waals surface area contributed by atoms with Gasteiger partial charge in [0.2, 0.25) is 5.95 Å². The zero-order valence-corrected chi connectivity index (χ0v) is 11.2. The normalized spacial score (nSPS) is 13.8. The molecule has 4 nitrogen and oxygen atoms in total. The largest absolute Gasteiger partial charge is 0.388 e. The lowest BCUT2D eigenvalue weighted by atomic mass is 10.0. The van der Waals surface area contributed by atoms with E-state index in [2.05, 4.69) is 15.3 Å². The fourth-order valence-corrected chi connectivity index (χ4v) is 1.89. The first-order valence-electron chi connectivity index (χ1n) is 6.43. The highest BCUT2D eigenvalue weighted by Crippen LogP contribution is 2.18. The number of aliphatic hydroxyl groups is 1. The van der Waals surface area contributed by atoms with Crippen LogP contribution in [0, 0.1) is 6.92 Å². The van der Waals surface area contributed by atoms with Crippen LogP contribution in [0.4, 0.5) is 5.95 Å². The molecule has 0 aliphatic heterocycles. The van der Waals surface area contributed by atoms with Crippen molar-refractivity contribution in [2.75, 3.05) is 5.32 Å². The van der Waals surface area contributed by atoms with Crippen molar-refractivity contribution in [1.82, 2.24) is 9.97 Å². The molecule has 2 N–H and O–H groups in total. The summed E-state index contributed by atoms with van der Waals surface area (Å²) in [6.45, 7) is 3.96. The molecule has 19 heavy (non-hydrogen) atoms. The maximum Gasteiger partial charge on any atom is 0.222 e. The second-order valence-corrected chi connectivity index (χ2v) is 4.79. The fraction of sp³-hybridized carbons (Fsp3) is 0.333. The summed E-state index contributed by atoms with van der Waals surface area (Å²) in [6, 6.07) is 9.76. The highest BCUT2D eigenvalue weighted by atomic mass is 16.3. The van der Waals surface area contributed by atoms with Crippen LogP contribution in [0.1, 0.15) is 30.6 Å². The van der Waals surface area contributed by atoms with Crippen molar-refractivity contribution in [3.63, 3.8) is 0 Å². The molecule has 0 amide bonds. The van der Waals surface area contributed by atoms with E-state index in [0.29, 0.717) is 12.4 Å². The summed E-state index contributed by atoms with van der Waals surface area (Å²) in [7, 11) is 0. The van der Waals surface area contributed by atoms with Gasteiger partial charge in [0.15, 0.2) is 0 Å². The van der Waals surface area contributed by atoms with Crippen LogP contribution in [-0.2, 0) is 0 Å². The van der Waals surface area contributed by atoms with Gasteiger partial charge in [-0.3, -0.25) is 0 Å². The van der Waals surface area contributed by atoms with Crippen LogP contribution in [0.2, 0.25) is 0 Å². The van der Waals surface area contributed by atoms with Crippen LogP contribution in [0.3, 0.4) is 0 Å². The molecule has 0 spiro atoms. The molecule has 0 aliphatic carbocycles. The van der Waals surface area contributed by atoms with Crippen LogP contribution in [0.5, 0.6) is 0 Å². The molecule has 0 fully saturated rings. The lowest BCUT2D eigenvalue weighted by molar-refractivity contribution is 0.162. The Kier molecular flexibility index (Phi) is 4.47. The van der Waals surface area contributed by atoms with Gasteiger partial charge in [0.1, 0.15) is 0 Å². The predicted molar refractivity (Wildman–Crippen MR) is 75.9 cm³/mol. The predicted octanol–water partition coefficient (Wildman–Crippen LogP) is 2.71. The average molecular weight is 257 g/mol. The number of anilines is 1. The first-order chi connectivity index (χ1) is 9.15. The molecule has 2 unspecified atom stereocenters. The molecular weight excluding hydrogens is 238 g/mol. The van der Waals surface area contributed by atoms with E-state index in [0.717, 1.165) is 11.1 Å². The molecule has 0 radical (unpaired) electrons. The van der Waals surface area contributed by atoms with Gasteiger partial charge < -0.3 is 10.4 Å². The highest BCUT2D eigenvalue weighted by Gasteiger charge is 2.12. The van der Waals surface area contributed by atoms with E-state index in [4.69, 9.17) is 0 Å². The van der Waals surface area contributed by atoms with Crippen molar-refractivity contribution in [2.45, 2.75) is 32.4 Å². The van der Waals surface area contributed by atoms with E-state index in [9.17, 15) is 5.11 Å². The van der Waals surface area contributed by atoms with Crippen LogP contribution < -0.4 is 5.32 Å². The average Bonchev–Trinajstić information content (AvgIpc) is 2.42. The molecule has 2 rings (SSSR count). The standard InChI is InChI=1S/C15H19N3O/c1-11-9-16-15(17-10-11)18-12(2)8-14(19)13-6-4-3-5-7-13/h3-7,9-10,12,14,19H,8H2,1-2H3,(H,16,17,18). The van der Waals surface area contributed by atoms with Crippen LogP contribution in [0.25, 0.3) is 0 Å². The Balaban J connectivity index is 1.90. The molecular formula is C15H19N3O. The molecule has 1 aromatic heterocycles. The number of aromatic nitrogens is 2. The van der Waals surface area contributed by atoms with E-state index in [1.54, 1.807) is 12.4 Å². The number of nitrogens with one attached hydrogen (secondary N) is 1. The topological polar surface area (TPSA) is 58.0 Å². The Bertz CT molecular complexity index is 499. The SMILES string of the molecule is Cc1cnc(NC(C)CC(O)c2ccccc2)nc1. The Morgan fingerprint density at radius 1 is 1.16 bits per heavy atom. The first-order valence-corrected chi connectivity index (χ1v) is 6.43. The van der Waals surface area contributed by atoms with Gasteiger partial charge in [-0.1, -0.05) is 30.3 Å². The summed E-state index contributed by atoms with van der Waals surface area (Å²) in [5.41, 5.74) is 1.96. The second-order valence-electron chi connectivity index (χ2n) is 4.79. The molecule has 1 heterocycles. The van der Waals surface area contributed by atoms with Crippen molar-refractivity contribution in [2.24, 2.45) is 0 Å². The zero-order chi connectivity index (χ0) is 13.7. The third-order valence-electron chi connectivity index (χ3n) is 2.92. The molecule has 0 saturated carbocycles. The number of aryl methyl sites for hydroxylation is 1. The lowest BCUT2D eigenvalue weighted by Crippen LogP contribution is -2.20. The van der Waals surface area contributed by atoms with Crippen LogP contribution in [-0.4, -0.2) is 21.1 Å². The summed E-state index contributed by atoms with van der Waals surface area (Å²) < 4.78 is 0. The molecule has 0 aliphatic rings. The number of aliphatic hydroxyl groups excluding tert-OH is 1. The fourth-order valence-electron chi connectivity index (χ4n) is 1.89. The number of hydrogen-bond donors (Lipinski definition) is 2. The van der Waals surface area contributed by atoms with E-state index in [1.807, 2.05) is 44.2 Å². The van der Waals surface area contributed by atoms with E-state index < -0.39 is 6.10 Å². The van der Waals surface area contributed by atoms with Crippen molar-refractivity contribution in [3.8, 4) is 0 Å². The molecule has 0 bridgehead atoms. The smallest absolute Gasteiger partial charge is 0.222 e. The van der Waals surface area contributed by atoms with Crippen LogP contribution >= 0.6 is 0 Å². The maximum absolute atomic E-state index is 10.1. The summed E-state index contributed by atoms with van der Waals surface area (Å²) in [6.07, 6.45) is 3.68. The molecule has 100 valence electrons. The Hall–Kier alpha value is -1.94. The van der Waals surface area contributed by atoms with Crippen molar-refractivity contribution < 1.29 is 5.11 Å². The van der Waals surface area contributed by atoms with Gasteiger partial charge in [-0.2, -0.15) is 0 Å². The molecule has 2 aromatic rings. The quantitative estimate of drug-likeness (QED) is 0.864. The van der Waals surface area contributed by atoms with Crippen LogP contribution in [0.15, 0.2) is 42.7 Å². The monoisotopic (exact) mass is 257 g/mol.